The fraction of sp³-hybridized carbons (Fsp3) is 0.440. The summed E-state index contributed by atoms with van der Waals surface area (Å²) in [6, 6.07) is 15.6. The molecule has 0 aromatic heterocycles. The van der Waals surface area contributed by atoms with Crippen molar-refractivity contribution in [1.29, 1.82) is 0 Å². The molecular weight excluding hydrogens is 396 g/mol. The van der Waals surface area contributed by atoms with Crippen molar-refractivity contribution in [2.45, 2.75) is 63.4 Å². The first kappa shape index (κ1) is 22.1. The van der Waals surface area contributed by atoms with E-state index in [0.717, 1.165) is 22.3 Å². The Hall–Kier alpha value is -2.06. The van der Waals surface area contributed by atoms with E-state index in [1.54, 1.807) is 6.08 Å². The molecule has 0 spiro atoms. The summed E-state index contributed by atoms with van der Waals surface area (Å²) in [4.78, 5) is 0. The maximum absolute atomic E-state index is 10.6. The number of aryl methyl sites for hydroxylation is 2. The van der Waals surface area contributed by atoms with Crippen LogP contribution in [0.2, 0.25) is 0 Å². The quantitative estimate of drug-likeness (QED) is 0.689. The zero-order valence-corrected chi connectivity index (χ0v) is 17.9. The highest BCUT2D eigenvalue weighted by atomic mass is 16.8. The average molecular weight is 427 g/mol. The molecule has 3 unspecified atom stereocenters. The topological polar surface area (TPSA) is 77.4 Å². The summed E-state index contributed by atoms with van der Waals surface area (Å²) in [7, 11) is 0. The summed E-state index contributed by atoms with van der Waals surface area (Å²) >= 11 is 0. The normalized spacial score (nSPS) is 31.6. The van der Waals surface area contributed by atoms with E-state index in [2.05, 4.69) is 12.6 Å². The molecule has 6 nitrogen and oxygen atoms in total. The second kappa shape index (κ2) is 9.61. The van der Waals surface area contributed by atoms with Gasteiger partial charge in [0.15, 0.2) is 12.6 Å². The van der Waals surface area contributed by atoms with Crippen LogP contribution in [0.15, 0.2) is 61.2 Å². The minimum absolute atomic E-state index is 0.341. The standard InChI is InChI=1S/C25H30O6/c1-4-8-20-22-23(31-24(28-20)17-9-6-5-7-10-17)21(19(27)14-26)29-25(30-22)18-12-11-15(2)13-16(18)3/h4-7,9-13,19-27H,1,8,14H2,2-3H3/t19-,20?,21-,22+,23+,24?,25?/m1/s1. The van der Waals surface area contributed by atoms with Crippen molar-refractivity contribution in [3.05, 3.63) is 83.4 Å². The number of fused-ring (bicyclic) bond motifs is 1. The lowest BCUT2D eigenvalue weighted by molar-refractivity contribution is -0.390. The lowest BCUT2D eigenvalue weighted by Crippen LogP contribution is -2.61. The molecule has 0 saturated carbocycles. The molecule has 2 heterocycles. The van der Waals surface area contributed by atoms with Crippen molar-refractivity contribution in [3.8, 4) is 0 Å². The van der Waals surface area contributed by atoms with Gasteiger partial charge in [0.05, 0.1) is 12.7 Å². The monoisotopic (exact) mass is 426 g/mol. The van der Waals surface area contributed by atoms with Crippen molar-refractivity contribution in [2.24, 2.45) is 0 Å². The van der Waals surface area contributed by atoms with Crippen LogP contribution in [0, 0.1) is 13.8 Å². The largest absolute Gasteiger partial charge is 0.394 e. The van der Waals surface area contributed by atoms with Crippen molar-refractivity contribution in [2.75, 3.05) is 6.61 Å². The number of aliphatic hydroxyl groups is 2. The van der Waals surface area contributed by atoms with Gasteiger partial charge < -0.3 is 29.2 Å². The summed E-state index contributed by atoms with van der Waals surface area (Å²) in [5, 5.41) is 20.3. The van der Waals surface area contributed by atoms with E-state index in [9.17, 15) is 10.2 Å². The Kier molecular flexibility index (Phi) is 6.86. The Balaban J connectivity index is 1.67. The first-order chi connectivity index (χ1) is 15.0. The smallest absolute Gasteiger partial charge is 0.185 e. The van der Waals surface area contributed by atoms with E-state index in [0.29, 0.717) is 6.42 Å². The van der Waals surface area contributed by atoms with Crippen molar-refractivity contribution in [3.63, 3.8) is 0 Å². The maximum Gasteiger partial charge on any atom is 0.185 e. The molecule has 4 rings (SSSR count). The SMILES string of the molecule is C=CCC1OC(c2ccccc2)O[C@H]2[C@@H]([C@H](O)CO)OC(c3ccc(C)cc3C)O[C@@H]12. The van der Waals surface area contributed by atoms with Crippen LogP contribution in [0.4, 0.5) is 0 Å². The zero-order chi connectivity index (χ0) is 22.0. The Bertz CT molecular complexity index is 885. The third-order valence-electron chi connectivity index (χ3n) is 5.87. The van der Waals surface area contributed by atoms with E-state index in [4.69, 9.17) is 18.9 Å². The number of rotatable bonds is 6. The van der Waals surface area contributed by atoms with Crippen LogP contribution >= 0.6 is 0 Å². The average Bonchev–Trinajstić information content (AvgIpc) is 2.78. The Morgan fingerprint density at radius 3 is 2.39 bits per heavy atom. The van der Waals surface area contributed by atoms with E-state index in [1.807, 2.05) is 56.3 Å². The number of hydrogen-bond donors (Lipinski definition) is 2. The predicted molar refractivity (Wildman–Crippen MR) is 115 cm³/mol. The van der Waals surface area contributed by atoms with Crippen LogP contribution in [0.1, 0.15) is 41.3 Å². The van der Waals surface area contributed by atoms with Crippen LogP contribution in [-0.4, -0.2) is 47.3 Å². The second-order valence-electron chi connectivity index (χ2n) is 8.19. The van der Waals surface area contributed by atoms with Gasteiger partial charge in [-0.25, -0.2) is 0 Å². The lowest BCUT2D eigenvalue weighted by atomic mass is 9.93. The molecule has 2 fully saturated rings. The molecule has 0 radical (unpaired) electrons. The Morgan fingerprint density at radius 2 is 1.71 bits per heavy atom. The molecule has 2 aliphatic rings. The molecule has 2 aliphatic heterocycles. The molecule has 6 heteroatoms. The Morgan fingerprint density at radius 1 is 0.968 bits per heavy atom. The van der Waals surface area contributed by atoms with Gasteiger partial charge >= 0.3 is 0 Å². The fourth-order valence-corrected chi connectivity index (χ4v) is 4.30. The van der Waals surface area contributed by atoms with Gasteiger partial charge in [-0.15, -0.1) is 6.58 Å². The summed E-state index contributed by atoms with van der Waals surface area (Å²) in [6.07, 6.45) is -2.36. The molecule has 166 valence electrons. The predicted octanol–water partition coefficient (Wildman–Crippen LogP) is 3.50. The summed E-state index contributed by atoms with van der Waals surface area (Å²) in [5.41, 5.74) is 3.91. The van der Waals surface area contributed by atoms with Gasteiger partial charge in [0.25, 0.3) is 0 Å². The highest BCUT2D eigenvalue weighted by molar-refractivity contribution is 5.31. The first-order valence-electron chi connectivity index (χ1n) is 10.7. The molecule has 2 N–H and O–H groups in total. The molecule has 0 aliphatic carbocycles. The molecule has 2 aromatic carbocycles. The van der Waals surface area contributed by atoms with Crippen LogP contribution in [0.25, 0.3) is 0 Å². The van der Waals surface area contributed by atoms with Crippen LogP contribution in [0.5, 0.6) is 0 Å². The highest BCUT2D eigenvalue weighted by Crippen LogP contribution is 2.42. The number of benzene rings is 2. The third kappa shape index (κ3) is 4.60. The van der Waals surface area contributed by atoms with Gasteiger partial charge in [-0.05, 0) is 25.8 Å². The Labute approximate surface area is 183 Å². The van der Waals surface area contributed by atoms with Gasteiger partial charge in [0.2, 0.25) is 0 Å². The van der Waals surface area contributed by atoms with Crippen molar-refractivity contribution < 1.29 is 29.2 Å². The number of aliphatic hydroxyl groups excluding tert-OH is 2. The molecule has 31 heavy (non-hydrogen) atoms. The summed E-state index contributed by atoms with van der Waals surface area (Å²) in [6.45, 7) is 7.45. The minimum Gasteiger partial charge on any atom is -0.394 e. The van der Waals surface area contributed by atoms with E-state index in [-0.39, 0.29) is 6.10 Å². The molecule has 7 atom stereocenters. The fourth-order valence-electron chi connectivity index (χ4n) is 4.30. The molecular formula is C25H30O6. The van der Waals surface area contributed by atoms with Crippen LogP contribution in [-0.2, 0) is 18.9 Å². The minimum atomic E-state index is -1.12. The molecule has 2 aromatic rings. The van der Waals surface area contributed by atoms with E-state index < -0.39 is 43.6 Å². The van der Waals surface area contributed by atoms with Gasteiger partial charge in [-0.1, -0.05) is 60.2 Å². The third-order valence-corrected chi connectivity index (χ3v) is 5.87. The second-order valence-corrected chi connectivity index (χ2v) is 8.19. The van der Waals surface area contributed by atoms with Crippen LogP contribution < -0.4 is 0 Å². The zero-order valence-electron chi connectivity index (χ0n) is 17.9. The van der Waals surface area contributed by atoms with Gasteiger partial charge in [0, 0.05) is 11.1 Å². The van der Waals surface area contributed by atoms with Crippen molar-refractivity contribution >= 4 is 0 Å². The molecule has 0 bridgehead atoms. The maximum atomic E-state index is 10.6. The van der Waals surface area contributed by atoms with Crippen molar-refractivity contribution in [1.82, 2.24) is 0 Å². The number of ether oxygens (including phenoxy) is 4. The van der Waals surface area contributed by atoms with Gasteiger partial charge in [0.1, 0.15) is 24.4 Å². The molecule has 0 amide bonds. The first-order valence-corrected chi connectivity index (χ1v) is 10.7. The van der Waals surface area contributed by atoms with Crippen LogP contribution in [0.3, 0.4) is 0 Å². The van der Waals surface area contributed by atoms with E-state index >= 15 is 0 Å². The van der Waals surface area contributed by atoms with E-state index in [1.165, 1.54) is 0 Å². The highest BCUT2D eigenvalue weighted by Gasteiger charge is 2.51. The van der Waals surface area contributed by atoms with Gasteiger partial charge in [-0.2, -0.15) is 0 Å². The summed E-state index contributed by atoms with van der Waals surface area (Å²) in [5.74, 6) is 0. The lowest BCUT2D eigenvalue weighted by Gasteiger charge is -2.50. The number of hydrogen-bond acceptors (Lipinski definition) is 6. The van der Waals surface area contributed by atoms with Gasteiger partial charge in [-0.3, -0.25) is 0 Å². The molecule has 2 saturated heterocycles. The summed E-state index contributed by atoms with van der Waals surface area (Å²) < 4.78 is 25.1.